The van der Waals surface area contributed by atoms with Crippen LogP contribution in [-0.2, 0) is 16.2 Å². The van der Waals surface area contributed by atoms with Crippen molar-refractivity contribution in [1.82, 2.24) is 5.32 Å². The van der Waals surface area contributed by atoms with E-state index in [9.17, 15) is 23.6 Å². The van der Waals surface area contributed by atoms with Gasteiger partial charge in [0.15, 0.2) is 11.5 Å². The van der Waals surface area contributed by atoms with Gasteiger partial charge in [0.05, 0.1) is 22.3 Å². The zero-order valence-corrected chi connectivity index (χ0v) is 21.5. The number of anilines is 1. The Kier molecular flexibility index (Phi) is 7.87. The fourth-order valence-corrected chi connectivity index (χ4v) is 4.22. The Morgan fingerprint density at radius 1 is 1.08 bits per heavy atom. The molecule has 2 N–H and O–H groups in total. The van der Waals surface area contributed by atoms with Gasteiger partial charge in [-0.3, -0.25) is 14.9 Å². The molecule has 1 fully saturated rings. The average Bonchev–Trinajstić information content (AvgIpc) is 2.86. The number of nitrogens with one attached hydrogen (secondary N) is 1. The van der Waals surface area contributed by atoms with Crippen LogP contribution >= 0.6 is 15.9 Å². The molecule has 0 radical (unpaired) electrons. The first-order chi connectivity index (χ1) is 18.2. The van der Waals surface area contributed by atoms with Gasteiger partial charge in [-0.1, -0.05) is 18.2 Å². The summed E-state index contributed by atoms with van der Waals surface area (Å²) in [5.74, 6) is -2.82. The average molecular weight is 583 g/mol. The van der Waals surface area contributed by atoms with Crippen molar-refractivity contribution >= 4 is 51.5 Å². The van der Waals surface area contributed by atoms with Gasteiger partial charge < -0.3 is 14.6 Å². The Morgan fingerprint density at radius 2 is 1.82 bits per heavy atom. The van der Waals surface area contributed by atoms with Gasteiger partial charge in [0.2, 0.25) is 0 Å². The third kappa shape index (κ3) is 5.73. The number of hydrogen-bond acceptors (Lipinski definition) is 6. The second-order valence-corrected chi connectivity index (χ2v) is 8.85. The number of carboxylic acids is 1. The molecular weight excluding hydrogens is 563 g/mol. The summed E-state index contributed by atoms with van der Waals surface area (Å²) in [6.45, 7) is 2.18. The smallest absolute Gasteiger partial charge is 0.335 e. The minimum Gasteiger partial charge on any atom is -0.490 e. The van der Waals surface area contributed by atoms with Crippen LogP contribution in [0.3, 0.4) is 0 Å². The standard InChI is InChI=1S/C27H20BrFN2O7/c1-2-37-22-12-16(11-21(28)23(22)38-14-15-6-8-17(9-7-15)26(34)35)10-20-24(32)30-27(36)31(25(20)33)19-5-3-4-18(29)13-19/h3-13H,2,14H2,1H3,(H,34,35)(H,30,32,36)/b20-10+. The molecule has 1 heterocycles. The lowest BCUT2D eigenvalue weighted by molar-refractivity contribution is -0.122. The zero-order valence-electron chi connectivity index (χ0n) is 19.9. The van der Waals surface area contributed by atoms with Gasteiger partial charge in [-0.25, -0.2) is 18.9 Å². The number of nitrogens with zero attached hydrogens (tertiary/aromatic N) is 1. The number of carbonyl (C=O) groups is 4. The summed E-state index contributed by atoms with van der Waals surface area (Å²) in [7, 11) is 0. The second-order valence-electron chi connectivity index (χ2n) is 7.99. The molecule has 0 bridgehead atoms. The number of aromatic carboxylic acids is 1. The summed E-state index contributed by atoms with van der Waals surface area (Å²) in [6, 6.07) is 13.3. The lowest BCUT2D eigenvalue weighted by Crippen LogP contribution is -2.54. The van der Waals surface area contributed by atoms with E-state index in [0.717, 1.165) is 11.6 Å². The van der Waals surface area contributed by atoms with E-state index >= 15 is 0 Å². The van der Waals surface area contributed by atoms with Crippen LogP contribution in [0.4, 0.5) is 14.9 Å². The molecule has 0 aliphatic carbocycles. The molecule has 3 aromatic rings. The highest BCUT2D eigenvalue weighted by molar-refractivity contribution is 9.10. The van der Waals surface area contributed by atoms with Crippen molar-refractivity contribution in [3.8, 4) is 11.5 Å². The van der Waals surface area contributed by atoms with Gasteiger partial charge in [-0.05, 0) is 82.5 Å². The summed E-state index contributed by atoms with van der Waals surface area (Å²) >= 11 is 3.43. The number of barbiturate groups is 1. The second kappa shape index (κ2) is 11.3. The van der Waals surface area contributed by atoms with E-state index < -0.39 is 29.6 Å². The minimum atomic E-state index is -1.03. The van der Waals surface area contributed by atoms with Crippen LogP contribution < -0.4 is 19.7 Å². The molecule has 1 aliphatic rings. The predicted molar refractivity (Wildman–Crippen MR) is 138 cm³/mol. The number of halogens is 2. The van der Waals surface area contributed by atoms with Crippen LogP contribution in [0.25, 0.3) is 6.08 Å². The Bertz CT molecular complexity index is 1470. The topological polar surface area (TPSA) is 122 Å². The number of rotatable bonds is 8. The fourth-order valence-electron chi connectivity index (χ4n) is 3.65. The number of carbonyl (C=O) groups excluding carboxylic acids is 3. The molecule has 38 heavy (non-hydrogen) atoms. The highest BCUT2D eigenvalue weighted by Crippen LogP contribution is 2.38. The SMILES string of the molecule is CCOc1cc(/C=C2\C(=O)NC(=O)N(c3cccc(F)c3)C2=O)cc(Br)c1OCc1ccc(C(=O)O)cc1. The number of imide groups is 2. The maximum absolute atomic E-state index is 13.7. The van der Waals surface area contributed by atoms with Crippen molar-refractivity contribution < 1.29 is 38.1 Å². The zero-order chi connectivity index (χ0) is 27.4. The molecule has 1 aliphatic heterocycles. The van der Waals surface area contributed by atoms with Crippen LogP contribution in [0.5, 0.6) is 11.5 Å². The van der Waals surface area contributed by atoms with Crippen molar-refractivity contribution in [3.63, 3.8) is 0 Å². The molecule has 0 atom stereocenters. The summed E-state index contributed by atoms with van der Waals surface area (Å²) < 4.78 is 25.8. The number of ether oxygens (including phenoxy) is 2. The van der Waals surface area contributed by atoms with E-state index in [1.165, 1.54) is 36.4 Å². The lowest BCUT2D eigenvalue weighted by Gasteiger charge is -2.26. The maximum Gasteiger partial charge on any atom is 0.335 e. The number of benzene rings is 3. The highest BCUT2D eigenvalue weighted by Gasteiger charge is 2.37. The van der Waals surface area contributed by atoms with Crippen LogP contribution in [0, 0.1) is 5.82 Å². The van der Waals surface area contributed by atoms with Gasteiger partial charge in [0.1, 0.15) is 18.0 Å². The van der Waals surface area contributed by atoms with Crippen molar-refractivity contribution in [3.05, 3.63) is 93.2 Å². The van der Waals surface area contributed by atoms with Crippen molar-refractivity contribution in [2.45, 2.75) is 13.5 Å². The first kappa shape index (κ1) is 26.6. The molecule has 3 aromatic carbocycles. The summed E-state index contributed by atoms with van der Waals surface area (Å²) in [4.78, 5) is 49.7. The molecule has 0 saturated carbocycles. The number of carboxylic acid groups (broad SMARTS) is 1. The quantitative estimate of drug-likeness (QED) is 0.285. The van der Waals surface area contributed by atoms with Gasteiger partial charge >= 0.3 is 12.0 Å². The molecule has 0 spiro atoms. The fraction of sp³-hybridized carbons (Fsp3) is 0.111. The van der Waals surface area contributed by atoms with Crippen LogP contribution in [0.2, 0.25) is 0 Å². The minimum absolute atomic E-state index is 0.0257. The van der Waals surface area contributed by atoms with Crippen LogP contribution in [0.1, 0.15) is 28.4 Å². The van der Waals surface area contributed by atoms with Gasteiger partial charge in [-0.15, -0.1) is 0 Å². The Labute approximate surface area is 224 Å². The molecular formula is C27H20BrFN2O7. The third-order valence-corrected chi connectivity index (χ3v) is 5.98. The first-order valence-corrected chi connectivity index (χ1v) is 12.1. The van der Waals surface area contributed by atoms with Crippen molar-refractivity contribution in [2.75, 3.05) is 11.5 Å². The lowest BCUT2D eigenvalue weighted by atomic mass is 10.1. The van der Waals surface area contributed by atoms with E-state index in [4.69, 9.17) is 14.6 Å². The van der Waals surface area contributed by atoms with E-state index in [1.54, 1.807) is 31.2 Å². The van der Waals surface area contributed by atoms with Crippen molar-refractivity contribution in [2.24, 2.45) is 0 Å². The van der Waals surface area contributed by atoms with Crippen molar-refractivity contribution in [1.29, 1.82) is 0 Å². The molecule has 4 rings (SSSR count). The molecule has 1 saturated heterocycles. The van der Waals surface area contributed by atoms with Crippen LogP contribution in [0.15, 0.2) is 70.7 Å². The number of urea groups is 1. The largest absolute Gasteiger partial charge is 0.490 e. The van der Waals surface area contributed by atoms with E-state index in [0.29, 0.717) is 26.4 Å². The molecule has 4 amide bonds. The molecule has 194 valence electrons. The van der Waals surface area contributed by atoms with Gasteiger partial charge in [-0.2, -0.15) is 0 Å². The van der Waals surface area contributed by atoms with Gasteiger partial charge in [0, 0.05) is 0 Å². The Hall–Kier alpha value is -4.51. The summed E-state index contributed by atoms with van der Waals surface area (Å²) in [5.41, 5.74) is 0.909. The molecule has 9 nitrogen and oxygen atoms in total. The van der Waals surface area contributed by atoms with E-state index in [2.05, 4.69) is 21.2 Å². The Morgan fingerprint density at radius 3 is 2.47 bits per heavy atom. The third-order valence-electron chi connectivity index (χ3n) is 5.39. The van der Waals surface area contributed by atoms with Crippen LogP contribution in [-0.4, -0.2) is 35.5 Å². The normalized spacial score (nSPS) is 14.4. The number of amides is 4. The number of hydrogen-bond donors (Lipinski definition) is 2. The van der Waals surface area contributed by atoms with Gasteiger partial charge in [0.25, 0.3) is 11.8 Å². The predicted octanol–water partition coefficient (Wildman–Crippen LogP) is 4.93. The summed E-state index contributed by atoms with van der Waals surface area (Å²) in [6.07, 6.45) is 1.29. The monoisotopic (exact) mass is 582 g/mol. The van der Waals surface area contributed by atoms with E-state index in [-0.39, 0.29) is 30.0 Å². The molecule has 11 heteroatoms. The highest BCUT2D eigenvalue weighted by atomic mass is 79.9. The first-order valence-electron chi connectivity index (χ1n) is 11.3. The van der Waals surface area contributed by atoms with E-state index in [1.807, 2.05) is 0 Å². The molecule has 0 aromatic heterocycles. The maximum atomic E-state index is 13.7. The Balaban J connectivity index is 1.63. The molecule has 0 unspecified atom stereocenters. The summed E-state index contributed by atoms with van der Waals surface area (Å²) in [5, 5.41) is 11.1.